The second-order valence-electron chi connectivity index (χ2n) is 4.84. The van der Waals surface area contributed by atoms with E-state index in [9.17, 15) is 13.2 Å². The van der Waals surface area contributed by atoms with Crippen molar-refractivity contribution in [1.82, 2.24) is 0 Å². The lowest BCUT2D eigenvalue weighted by Gasteiger charge is -2.16. The molecule has 0 atom stereocenters. The minimum absolute atomic E-state index is 0.280. The van der Waals surface area contributed by atoms with Crippen molar-refractivity contribution in [1.29, 1.82) is 0 Å². The van der Waals surface area contributed by atoms with Crippen LogP contribution in [0.5, 0.6) is 0 Å². The van der Waals surface area contributed by atoms with Crippen molar-refractivity contribution in [2.75, 3.05) is 11.1 Å². The van der Waals surface area contributed by atoms with E-state index in [1.807, 2.05) is 26.0 Å². The lowest BCUT2D eigenvalue weighted by molar-refractivity contribution is -0.136. The number of nitrogens with two attached hydrogens (primary N) is 1. The lowest BCUT2D eigenvalue weighted by atomic mass is 10.1. The molecule has 0 radical (unpaired) electrons. The largest absolute Gasteiger partial charge is 0.418 e. The van der Waals surface area contributed by atoms with Gasteiger partial charge in [-0.15, -0.1) is 0 Å². The summed E-state index contributed by atoms with van der Waals surface area (Å²) in [7, 11) is 0. The van der Waals surface area contributed by atoms with Crippen LogP contribution in [-0.2, 0) is 6.18 Å². The summed E-state index contributed by atoms with van der Waals surface area (Å²) in [4.78, 5) is 0. The predicted molar refractivity (Wildman–Crippen MR) is 82.8 cm³/mol. The number of benzene rings is 2. The maximum absolute atomic E-state index is 12.9. The summed E-state index contributed by atoms with van der Waals surface area (Å²) in [5, 5.41) is 3.03. The van der Waals surface area contributed by atoms with Crippen LogP contribution in [-0.4, -0.2) is 0 Å². The topological polar surface area (TPSA) is 38.0 Å². The third kappa shape index (κ3) is 3.50. The minimum Gasteiger partial charge on any atom is -0.398 e. The summed E-state index contributed by atoms with van der Waals surface area (Å²) in [5.41, 5.74) is 7.30. The summed E-state index contributed by atoms with van der Waals surface area (Å²) >= 11 is 3.39. The first-order valence-corrected chi connectivity index (χ1v) is 6.98. The van der Waals surface area contributed by atoms with Gasteiger partial charge in [0, 0.05) is 21.5 Å². The van der Waals surface area contributed by atoms with Crippen LogP contribution in [0.3, 0.4) is 0 Å². The van der Waals surface area contributed by atoms with Crippen LogP contribution in [0.2, 0.25) is 0 Å². The summed E-state index contributed by atoms with van der Waals surface area (Å²) < 4.78 is 39.5. The van der Waals surface area contributed by atoms with Crippen molar-refractivity contribution in [3.8, 4) is 0 Å². The van der Waals surface area contributed by atoms with Crippen molar-refractivity contribution in [3.05, 3.63) is 51.5 Å². The molecule has 21 heavy (non-hydrogen) atoms. The molecule has 0 aliphatic carbocycles. The monoisotopic (exact) mass is 358 g/mol. The molecule has 0 saturated heterocycles. The first-order chi connectivity index (χ1) is 9.68. The zero-order valence-electron chi connectivity index (χ0n) is 11.5. The number of hydrogen-bond donors (Lipinski definition) is 2. The summed E-state index contributed by atoms with van der Waals surface area (Å²) in [6, 6.07) is 7.62. The fourth-order valence-corrected chi connectivity index (χ4v) is 2.82. The minimum atomic E-state index is -4.47. The first-order valence-electron chi connectivity index (χ1n) is 6.19. The van der Waals surface area contributed by atoms with Crippen LogP contribution in [0.1, 0.15) is 16.7 Å². The van der Waals surface area contributed by atoms with E-state index in [2.05, 4.69) is 21.2 Å². The summed E-state index contributed by atoms with van der Waals surface area (Å²) in [5.74, 6) is 0. The van der Waals surface area contributed by atoms with Gasteiger partial charge in [-0.2, -0.15) is 13.2 Å². The fraction of sp³-hybridized carbons (Fsp3) is 0.200. The average molecular weight is 359 g/mol. The zero-order valence-corrected chi connectivity index (χ0v) is 13.1. The van der Waals surface area contributed by atoms with Crippen molar-refractivity contribution in [2.24, 2.45) is 0 Å². The van der Waals surface area contributed by atoms with E-state index in [0.717, 1.165) is 27.4 Å². The molecule has 3 N–H and O–H groups in total. The van der Waals surface area contributed by atoms with E-state index >= 15 is 0 Å². The van der Waals surface area contributed by atoms with Gasteiger partial charge in [-0.25, -0.2) is 0 Å². The Morgan fingerprint density at radius 2 is 1.62 bits per heavy atom. The van der Waals surface area contributed by atoms with E-state index in [0.29, 0.717) is 5.69 Å². The molecule has 0 bridgehead atoms. The second kappa shape index (κ2) is 5.60. The van der Waals surface area contributed by atoms with E-state index in [-0.39, 0.29) is 5.69 Å². The highest BCUT2D eigenvalue weighted by atomic mass is 79.9. The van der Waals surface area contributed by atoms with Gasteiger partial charge < -0.3 is 11.1 Å². The van der Waals surface area contributed by atoms with Gasteiger partial charge in [0.05, 0.1) is 5.56 Å². The molecule has 112 valence electrons. The maximum Gasteiger partial charge on any atom is 0.418 e. The number of anilines is 3. The number of rotatable bonds is 2. The molecule has 0 fully saturated rings. The van der Waals surface area contributed by atoms with Crippen molar-refractivity contribution < 1.29 is 13.2 Å². The Hall–Kier alpha value is -1.69. The summed E-state index contributed by atoms with van der Waals surface area (Å²) in [6.45, 7) is 3.78. The van der Waals surface area contributed by atoms with E-state index in [1.165, 1.54) is 12.1 Å². The molecular weight excluding hydrogens is 345 g/mol. The molecule has 0 unspecified atom stereocenters. The highest BCUT2D eigenvalue weighted by molar-refractivity contribution is 9.10. The third-order valence-corrected chi connectivity index (χ3v) is 3.58. The number of nitrogen functional groups attached to an aromatic ring is 1. The standard InChI is InChI=1S/C15H14BrF3N2/c1-8-5-10(16)6-9(2)14(8)21-11-3-4-13(20)12(7-11)15(17,18)19/h3-7,21H,20H2,1-2H3. The zero-order chi connectivity index (χ0) is 15.8. The average Bonchev–Trinajstić information content (AvgIpc) is 2.34. The Labute approximate surface area is 129 Å². The van der Waals surface area contributed by atoms with Gasteiger partial charge in [0.25, 0.3) is 0 Å². The van der Waals surface area contributed by atoms with Gasteiger partial charge in [-0.1, -0.05) is 15.9 Å². The molecule has 0 amide bonds. The highest BCUT2D eigenvalue weighted by Gasteiger charge is 2.33. The van der Waals surface area contributed by atoms with Crippen molar-refractivity contribution >= 4 is 33.0 Å². The van der Waals surface area contributed by atoms with E-state index in [1.54, 1.807) is 0 Å². The molecule has 2 aromatic rings. The van der Waals surface area contributed by atoms with Gasteiger partial charge in [0.1, 0.15) is 0 Å². The van der Waals surface area contributed by atoms with E-state index < -0.39 is 11.7 Å². The quantitative estimate of drug-likeness (QED) is 0.704. The Morgan fingerprint density at radius 3 is 2.14 bits per heavy atom. The van der Waals surface area contributed by atoms with Crippen molar-refractivity contribution in [3.63, 3.8) is 0 Å². The third-order valence-electron chi connectivity index (χ3n) is 3.13. The molecule has 2 nitrogen and oxygen atoms in total. The molecule has 0 heterocycles. The number of nitrogens with one attached hydrogen (secondary N) is 1. The van der Waals surface area contributed by atoms with Crippen LogP contribution < -0.4 is 11.1 Å². The number of aryl methyl sites for hydroxylation is 2. The molecule has 0 saturated carbocycles. The second-order valence-corrected chi connectivity index (χ2v) is 5.76. The number of hydrogen-bond acceptors (Lipinski definition) is 2. The maximum atomic E-state index is 12.9. The Balaban J connectivity index is 2.42. The van der Waals surface area contributed by atoms with Gasteiger partial charge in [-0.05, 0) is 55.3 Å². The number of halogens is 4. The van der Waals surface area contributed by atoms with Gasteiger partial charge >= 0.3 is 6.18 Å². The van der Waals surface area contributed by atoms with Crippen LogP contribution in [0, 0.1) is 13.8 Å². The molecule has 0 aromatic heterocycles. The first kappa shape index (κ1) is 15.7. The van der Waals surface area contributed by atoms with Gasteiger partial charge in [-0.3, -0.25) is 0 Å². The Bertz CT molecular complexity index is 658. The SMILES string of the molecule is Cc1cc(Br)cc(C)c1Nc1ccc(N)c(C(F)(F)F)c1. The molecule has 0 aliphatic rings. The summed E-state index contributed by atoms with van der Waals surface area (Å²) in [6.07, 6.45) is -4.47. The van der Waals surface area contributed by atoms with Crippen LogP contribution >= 0.6 is 15.9 Å². The number of alkyl halides is 3. The molecule has 6 heteroatoms. The van der Waals surface area contributed by atoms with Gasteiger partial charge in [0.15, 0.2) is 0 Å². The Kier molecular flexibility index (Phi) is 4.18. The smallest absolute Gasteiger partial charge is 0.398 e. The highest BCUT2D eigenvalue weighted by Crippen LogP contribution is 2.36. The molecule has 0 aliphatic heterocycles. The predicted octanol–water partition coefficient (Wildman–Crippen LogP) is 5.41. The van der Waals surface area contributed by atoms with Crippen LogP contribution in [0.25, 0.3) is 0 Å². The van der Waals surface area contributed by atoms with Gasteiger partial charge in [0.2, 0.25) is 0 Å². The molecule has 0 spiro atoms. The molecule has 2 rings (SSSR count). The van der Waals surface area contributed by atoms with E-state index in [4.69, 9.17) is 5.73 Å². The Morgan fingerprint density at radius 1 is 1.05 bits per heavy atom. The molecule has 2 aromatic carbocycles. The lowest BCUT2D eigenvalue weighted by Crippen LogP contribution is -2.09. The van der Waals surface area contributed by atoms with Crippen LogP contribution in [0.15, 0.2) is 34.8 Å². The fourth-order valence-electron chi connectivity index (χ4n) is 2.13. The molecular formula is C15H14BrF3N2. The normalized spacial score (nSPS) is 11.5. The van der Waals surface area contributed by atoms with Crippen molar-refractivity contribution in [2.45, 2.75) is 20.0 Å². The van der Waals surface area contributed by atoms with Crippen LogP contribution in [0.4, 0.5) is 30.2 Å².